The highest BCUT2D eigenvalue weighted by atomic mass is 32.1. The quantitative estimate of drug-likeness (QED) is 0.686. The molecule has 1 aliphatic rings. The molecule has 0 N–H and O–H groups in total. The second-order valence-electron chi connectivity index (χ2n) is 3.66. The Kier molecular flexibility index (Phi) is 2.54. The third-order valence-corrected chi connectivity index (χ3v) is 3.41. The van der Waals surface area contributed by atoms with E-state index in [0.29, 0.717) is 0 Å². The second-order valence-corrected chi connectivity index (χ2v) is 5.07. The first-order chi connectivity index (χ1) is 6.27. The summed E-state index contributed by atoms with van der Waals surface area (Å²) in [4.78, 5) is 8.39. The summed E-state index contributed by atoms with van der Waals surface area (Å²) in [7, 11) is 0. The first-order valence-electron chi connectivity index (χ1n) is 4.96. The predicted octanol–water partition coefficient (Wildman–Crippen LogP) is 2.75. The van der Waals surface area contributed by atoms with Gasteiger partial charge in [-0.25, -0.2) is 4.98 Å². The van der Waals surface area contributed by atoms with Gasteiger partial charge in [-0.15, -0.1) is 11.3 Å². The Morgan fingerprint density at radius 3 is 2.38 bits per heavy atom. The molecule has 0 unspecified atom stereocenters. The lowest BCUT2D eigenvalue weighted by Crippen LogP contribution is -2.30. The topological polar surface area (TPSA) is 16.1 Å². The molecule has 0 aromatic carbocycles. The smallest absolute Gasteiger partial charge is 0.142 e. The molecule has 1 aliphatic heterocycles. The van der Waals surface area contributed by atoms with Gasteiger partial charge in [0, 0.05) is 18.0 Å². The molecular formula is C10H16N2S. The molecule has 2 nitrogen and oxygen atoms in total. The van der Waals surface area contributed by atoms with Gasteiger partial charge in [0.05, 0.1) is 5.01 Å². The van der Waals surface area contributed by atoms with Crippen molar-refractivity contribution >= 4 is 17.2 Å². The van der Waals surface area contributed by atoms with Crippen molar-refractivity contribution in [3.05, 3.63) is 9.88 Å². The lowest BCUT2D eigenvalue weighted by molar-refractivity contribution is 0.573. The van der Waals surface area contributed by atoms with Gasteiger partial charge in [-0.05, 0) is 33.1 Å². The van der Waals surface area contributed by atoms with Crippen LogP contribution in [0, 0.1) is 13.8 Å². The van der Waals surface area contributed by atoms with Crippen molar-refractivity contribution in [2.24, 2.45) is 0 Å². The highest BCUT2D eigenvalue weighted by Gasteiger charge is 2.15. The largest absolute Gasteiger partial charge is 0.356 e. The molecule has 1 fully saturated rings. The number of rotatable bonds is 1. The molecule has 0 saturated carbocycles. The third-order valence-electron chi connectivity index (χ3n) is 2.53. The molecular weight excluding hydrogens is 180 g/mol. The molecule has 0 atom stereocenters. The number of thiazole rings is 1. The van der Waals surface area contributed by atoms with Gasteiger partial charge in [-0.2, -0.15) is 0 Å². The van der Waals surface area contributed by atoms with Gasteiger partial charge in [0.2, 0.25) is 0 Å². The van der Waals surface area contributed by atoms with Crippen LogP contribution in [-0.4, -0.2) is 18.1 Å². The van der Waals surface area contributed by atoms with Crippen LogP contribution >= 0.6 is 11.3 Å². The fourth-order valence-electron chi connectivity index (χ4n) is 1.92. The summed E-state index contributed by atoms with van der Waals surface area (Å²) in [5.41, 5.74) is 0. The van der Waals surface area contributed by atoms with Crippen molar-refractivity contribution in [2.45, 2.75) is 33.1 Å². The van der Waals surface area contributed by atoms with E-state index in [9.17, 15) is 0 Å². The van der Waals surface area contributed by atoms with Crippen LogP contribution in [0.4, 0.5) is 5.82 Å². The van der Waals surface area contributed by atoms with E-state index in [1.54, 1.807) is 0 Å². The van der Waals surface area contributed by atoms with E-state index in [0.717, 1.165) is 0 Å². The minimum atomic E-state index is 1.19. The van der Waals surface area contributed by atoms with Crippen molar-refractivity contribution in [3.8, 4) is 0 Å². The van der Waals surface area contributed by atoms with Gasteiger partial charge in [-0.1, -0.05) is 0 Å². The van der Waals surface area contributed by atoms with Crippen LogP contribution in [0.2, 0.25) is 0 Å². The Bertz CT molecular complexity index is 287. The molecule has 3 heteroatoms. The molecule has 0 amide bonds. The van der Waals surface area contributed by atoms with E-state index in [4.69, 9.17) is 0 Å². The normalized spacial score (nSPS) is 17.8. The molecule has 2 heterocycles. The lowest BCUT2D eigenvalue weighted by Gasteiger charge is -2.27. The summed E-state index contributed by atoms with van der Waals surface area (Å²) in [5, 5.41) is 1.19. The summed E-state index contributed by atoms with van der Waals surface area (Å²) in [5.74, 6) is 1.24. The predicted molar refractivity (Wildman–Crippen MR) is 57.7 cm³/mol. The molecule has 1 saturated heterocycles. The minimum absolute atomic E-state index is 1.19. The highest BCUT2D eigenvalue weighted by molar-refractivity contribution is 7.12. The van der Waals surface area contributed by atoms with Gasteiger partial charge in [-0.3, -0.25) is 0 Å². The summed E-state index contributed by atoms with van der Waals surface area (Å²) in [6.45, 7) is 6.66. The Balaban J connectivity index is 2.18. The molecule has 2 rings (SSSR count). The van der Waals surface area contributed by atoms with Gasteiger partial charge in [0.25, 0.3) is 0 Å². The zero-order valence-corrected chi connectivity index (χ0v) is 9.15. The lowest BCUT2D eigenvalue weighted by atomic mass is 10.1. The number of anilines is 1. The molecule has 0 bridgehead atoms. The maximum Gasteiger partial charge on any atom is 0.142 e. The van der Waals surface area contributed by atoms with Gasteiger partial charge >= 0.3 is 0 Å². The number of piperidine rings is 1. The van der Waals surface area contributed by atoms with Crippen LogP contribution in [0.3, 0.4) is 0 Å². The highest BCUT2D eigenvalue weighted by Crippen LogP contribution is 2.27. The molecule has 13 heavy (non-hydrogen) atoms. The maximum absolute atomic E-state index is 4.58. The van der Waals surface area contributed by atoms with E-state index >= 15 is 0 Å². The van der Waals surface area contributed by atoms with Crippen LogP contribution in [0.25, 0.3) is 0 Å². The van der Waals surface area contributed by atoms with Crippen molar-refractivity contribution in [1.82, 2.24) is 4.98 Å². The summed E-state index contributed by atoms with van der Waals surface area (Å²) < 4.78 is 0. The average molecular weight is 196 g/mol. The van der Waals surface area contributed by atoms with Crippen molar-refractivity contribution in [1.29, 1.82) is 0 Å². The van der Waals surface area contributed by atoms with Crippen LogP contribution in [0.5, 0.6) is 0 Å². The van der Waals surface area contributed by atoms with E-state index in [2.05, 4.69) is 23.7 Å². The van der Waals surface area contributed by atoms with Crippen molar-refractivity contribution in [2.75, 3.05) is 18.0 Å². The van der Waals surface area contributed by atoms with Crippen LogP contribution in [0.1, 0.15) is 29.1 Å². The monoisotopic (exact) mass is 196 g/mol. The second kappa shape index (κ2) is 3.66. The van der Waals surface area contributed by atoms with Crippen LogP contribution in [0.15, 0.2) is 0 Å². The zero-order valence-electron chi connectivity index (χ0n) is 8.34. The summed E-state index contributed by atoms with van der Waals surface area (Å²) >= 11 is 1.81. The number of nitrogens with zero attached hydrogens (tertiary/aromatic N) is 2. The van der Waals surface area contributed by atoms with E-state index in [1.165, 1.54) is 48.1 Å². The van der Waals surface area contributed by atoms with E-state index < -0.39 is 0 Å². The first kappa shape index (κ1) is 9.00. The Hall–Kier alpha value is -0.570. The fraction of sp³-hybridized carbons (Fsp3) is 0.700. The SMILES string of the molecule is Cc1nc(N2CCCCC2)c(C)s1. The van der Waals surface area contributed by atoms with E-state index in [1.807, 2.05) is 11.3 Å². The molecule has 0 aliphatic carbocycles. The number of hydrogen-bond acceptors (Lipinski definition) is 3. The number of hydrogen-bond donors (Lipinski definition) is 0. The fourth-order valence-corrected chi connectivity index (χ4v) is 2.76. The molecule has 1 aromatic rings. The Morgan fingerprint density at radius 1 is 1.15 bits per heavy atom. The number of aryl methyl sites for hydroxylation is 2. The number of aromatic nitrogens is 1. The van der Waals surface area contributed by atoms with Gasteiger partial charge in [0.15, 0.2) is 0 Å². The molecule has 0 radical (unpaired) electrons. The standard InChI is InChI=1S/C10H16N2S/c1-8-10(11-9(2)13-8)12-6-4-3-5-7-12/h3-7H2,1-2H3. The molecule has 0 spiro atoms. The summed E-state index contributed by atoms with van der Waals surface area (Å²) in [6.07, 6.45) is 4.05. The maximum atomic E-state index is 4.58. The van der Waals surface area contributed by atoms with Crippen LogP contribution in [-0.2, 0) is 0 Å². The van der Waals surface area contributed by atoms with E-state index in [-0.39, 0.29) is 0 Å². The molecule has 72 valence electrons. The van der Waals surface area contributed by atoms with Crippen LogP contribution < -0.4 is 4.90 Å². The molecule has 1 aromatic heterocycles. The zero-order chi connectivity index (χ0) is 9.26. The average Bonchev–Trinajstić information content (AvgIpc) is 2.47. The van der Waals surface area contributed by atoms with Gasteiger partial charge in [0.1, 0.15) is 5.82 Å². The third kappa shape index (κ3) is 1.85. The van der Waals surface area contributed by atoms with Crippen molar-refractivity contribution in [3.63, 3.8) is 0 Å². The van der Waals surface area contributed by atoms with Gasteiger partial charge < -0.3 is 4.90 Å². The minimum Gasteiger partial charge on any atom is -0.356 e. The Labute approximate surface area is 83.6 Å². The first-order valence-corrected chi connectivity index (χ1v) is 5.78. The Morgan fingerprint density at radius 2 is 1.85 bits per heavy atom. The van der Waals surface area contributed by atoms with Crippen molar-refractivity contribution < 1.29 is 0 Å². The summed E-state index contributed by atoms with van der Waals surface area (Å²) in [6, 6.07) is 0.